The quantitative estimate of drug-likeness (QED) is 0.558. The minimum Gasteiger partial charge on any atom is -0.326 e. The molecule has 0 bridgehead atoms. The monoisotopic (exact) mass is 503 g/mol. The van der Waals surface area contributed by atoms with E-state index in [-0.39, 0.29) is 23.1 Å². The van der Waals surface area contributed by atoms with Gasteiger partial charge in [0.15, 0.2) is 0 Å². The van der Waals surface area contributed by atoms with Crippen molar-refractivity contribution in [3.8, 4) is 0 Å². The summed E-state index contributed by atoms with van der Waals surface area (Å²) in [5.41, 5.74) is 5.18. The number of benzene rings is 3. The minimum atomic E-state index is -3.72. The standard InChI is InChI=1S/C28H29N3O4S/c1-19-14-20(2)16-24(15-19)30-18-22(17-27(30)32)28(33)29-23-9-11-25(12-10-23)36(34,35)31-13-5-7-21-6-3-4-8-26(21)31/h3-4,6,8-12,14-16,22H,5,7,13,17-18H2,1-2H3,(H,29,33). The van der Waals surface area contributed by atoms with Crippen molar-refractivity contribution in [2.24, 2.45) is 5.92 Å². The molecule has 1 saturated heterocycles. The summed E-state index contributed by atoms with van der Waals surface area (Å²) in [4.78, 5) is 27.4. The molecule has 186 valence electrons. The van der Waals surface area contributed by atoms with Crippen molar-refractivity contribution in [3.63, 3.8) is 0 Å². The van der Waals surface area contributed by atoms with Gasteiger partial charge in [-0.25, -0.2) is 8.42 Å². The maximum atomic E-state index is 13.3. The maximum absolute atomic E-state index is 13.3. The Hall–Kier alpha value is -3.65. The summed E-state index contributed by atoms with van der Waals surface area (Å²) in [6.07, 6.45) is 1.76. The fourth-order valence-electron chi connectivity index (χ4n) is 5.07. The number of rotatable bonds is 5. The zero-order valence-corrected chi connectivity index (χ0v) is 21.2. The predicted molar refractivity (Wildman–Crippen MR) is 141 cm³/mol. The van der Waals surface area contributed by atoms with E-state index in [1.165, 1.54) is 16.4 Å². The molecule has 3 aromatic rings. The average Bonchev–Trinajstić information content (AvgIpc) is 3.25. The van der Waals surface area contributed by atoms with Gasteiger partial charge in [-0.1, -0.05) is 24.3 Å². The van der Waals surface area contributed by atoms with Crippen LogP contribution in [0.15, 0.2) is 71.6 Å². The first kappa shape index (κ1) is 24.1. The number of fused-ring (bicyclic) bond motifs is 1. The molecule has 0 aliphatic carbocycles. The van der Waals surface area contributed by atoms with E-state index in [0.717, 1.165) is 40.9 Å². The predicted octanol–water partition coefficient (Wildman–Crippen LogP) is 4.44. The van der Waals surface area contributed by atoms with Crippen LogP contribution in [-0.4, -0.2) is 33.3 Å². The van der Waals surface area contributed by atoms with Crippen LogP contribution < -0.4 is 14.5 Å². The van der Waals surface area contributed by atoms with Gasteiger partial charge in [0.25, 0.3) is 10.0 Å². The third-order valence-corrected chi connectivity index (χ3v) is 8.62. The molecule has 1 atom stereocenters. The first-order chi connectivity index (χ1) is 17.2. The Bertz CT molecular complexity index is 1410. The largest absolute Gasteiger partial charge is 0.326 e. The molecule has 0 radical (unpaired) electrons. The van der Waals surface area contributed by atoms with Gasteiger partial charge < -0.3 is 10.2 Å². The number of nitrogens with one attached hydrogen (secondary N) is 1. The van der Waals surface area contributed by atoms with Crippen molar-refractivity contribution in [1.82, 2.24) is 0 Å². The first-order valence-electron chi connectivity index (χ1n) is 12.1. The molecule has 2 heterocycles. The summed E-state index contributed by atoms with van der Waals surface area (Å²) >= 11 is 0. The van der Waals surface area contributed by atoms with Gasteiger partial charge in [0, 0.05) is 30.9 Å². The van der Waals surface area contributed by atoms with Crippen molar-refractivity contribution < 1.29 is 18.0 Å². The van der Waals surface area contributed by atoms with E-state index in [2.05, 4.69) is 5.32 Å². The number of carbonyl (C=O) groups excluding carboxylic acids is 2. The Balaban J connectivity index is 1.28. The highest BCUT2D eigenvalue weighted by atomic mass is 32.2. The summed E-state index contributed by atoms with van der Waals surface area (Å²) in [6, 6.07) is 19.7. The lowest BCUT2D eigenvalue weighted by Gasteiger charge is -2.30. The molecule has 0 aromatic heterocycles. The zero-order chi connectivity index (χ0) is 25.4. The smallest absolute Gasteiger partial charge is 0.264 e. The normalized spacial score (nSPS) is 17.7. The molecular formula is C28H29N3O4S. The second-order valence-electron chi connectivity index (χ2n) is 9.57. The number of nitrogens with zero attached hydrogens (tertiary/aromatic N) is 2. The SMILES string of the molecule is Cc1cc(C)cc(N2CC(C(=O)Nc3ccc(S(=O)(=O)N4CCCc5ccccc54)cc3)CC2=O)c1. The van der Waals surface area contributed by atoms with Crippen LogP contribution in [0.4, 0.5) is 17.1 Å². The van der Waals surface area contributed by atoms with Gasteiger partial charge in [-0.15, -0.1) is 0 Å². The molecule has 2 aliphatic rings. The highest BCUT2D eigenvalue weighted by Crippen LogP contribution is 2.32. The van der Waals surface area contributed by atoms with Gasteiger partial charge in [0.1, 0.15) is 0 Å². The number of anilines is 3. The zero-order valence-electron chi connectivity index (χ0n) is 20.4. The van der Waals surface area contributed by atoms with E-state index >= 15 is 0 Å². The minimum absolute atomic E-state index is 0.0802. The molecule has 2 aliphatic heterocycles. The Morgan fingerprint density at radius 1 is 0.972 bits per heavy atom. The summed E-state index contributed by atoms with van der Waals surface area (Å²) < 4.78 is 28.1. The van der Waals surface area contributed by atoms with Gasteiger partial charge >= 0.3 is 0 Å². The highest BCUT2D eigenvalue weighted by Gasteiger charge is 2.35. The Kier molecular flexibility index (Phi) is 6.30. The second-order valence-corrected chi connectivity index (χ2v) is 11.4. The van der Waals surface area contributed by atoms with Crippen molar-refractivity contribution in [2.75, 3.05) is 27.6 Å². The van der Waals surface area contributed by atoms with Crippen molar-refractivity contribution in [2.45, 2.75) is 38.0 Å². The molecule has 3 aromatic carbocycles. The summed E-state index contributed by atoms with van der Waals surface area (Å²) in [5, 5.41) is 2.85. The first-order valence-corrected chi connectivity index (χ1v) is 13.6. The number of hydrogen-bond donors (Lipinski definition) is 1. The third-order valence-electron chi connectivity index (χ3n) is 6.79. The van der Waals surface area contributed by atoms with Crippen LogP contribution in [0, 0.1) is 19.8 Å². The summed E-state index contributed by atoms with van der Waals surface area (Å²) in [5.74, 6) is -0.814. The number of hydrogen-bond acceptors (Lipinski definition) is 4. The fourth-order valence-corrected chi connectivity index (χ4v) is 6.61. The average molecular weight is 504 g/mol. The van der Waals surface area contributed by atoms with Crippen LogP contribution in [0.1, 0.15) is 29.5 Å². The second kappa shape index (κ2) is 9.43. The molecule has 7 nitrogen and oxygen atoms in total. The number of amides is 2. The molecule has 8 heteroatoms. The molecule has 1 N–H and O–H groups in total. The summed E-state index contributed by atoms with van der Waals surface area (Å²) in [7, 11) is -3.72. The van der Waals surface area contributed by atoms with Crippen molar-refractivity contribution in [3.05, 3.63) is 83.4 Å². The fraction of sp³-hybridized carbons (Fsp3) is 0.286. The number of carbonyl (C=O) groups is 2. The van der Waals surface area contributed by atoms with E-state index in [9.17, 15) is 18.0 Å². The molecular weight excluding hydrogens is 474 g/mol. The molecule has 0 spiro atoms. The molecule has 2 amide bonds. The van der Waals surface area contributed by atoms with E-state index in [1.807, 2.05) is 56.3 Å². The van der Waals surface area contributed by atoms with Crippen molar-refractivity contribution >= 4 is 38.9 Å². The van der Waals surface area contributed by atoms with E-state index in [4.69, 9.17) is 0 Å². The lowest BCUT2D eigenvalue weighted by atomic mass is 10.0. The number of sulfonamides is 1. The highest BCUT2D eigenvalue weighted by molar-refractivity contribution is 7.92. The van der Waals surface area contributed by atoms with Crippen LogP contribution in [0.25, 0.3) is 0 Å². The van der Waals surface area contributed by atoms with Gasteiger partial charge in [-0.05, 0) is 85.8 Å². The topological polar surface area (TPSA) is 86.8 Å². The van der Waals surface area contributed by atoms with Gasteiger partial charge in [0.2, 0.25) is 11.8 Å². The number of para-hydroxylation sites is 1. The maximum Gasteiger partial charge on any atom is 0.264 e. The van der Waals surface area contributed by atoms with Crippen molar-refractivity contribution in [1.29, 1.82) is 0 Å². The third kappa shape index (κ3) is 4.60. The molecule has 1 fully saturated rings. The van der Waals surface area contributed by atoms with E-state index in [1.54, 1.807) is 17.0 Å². The van der Waals surface area contributed by atoms with Gasteiger partial charge in [0.05, 0.1) is 16.5 Å². The Labute approximate surface area is 211 Å². The van der Waals surface area contributed by atoms with Crippen LogP contribution in [0.2, 0.25) is 0 Å². The lowest BCUT2D eigenvalue weighted by molar-refractivity contribution is -0.122. The molecule has 0 saturated carbocycles. The van der Waals surface area contributed by atoms with E-state index < -0.39 is 15.9 Å². The van der Waals surface area contributed by atoms with Gasteiger partial charge in [-0.3, -0.25) is 13.9 Å². The Morgan fingerprint density at radius 2 is 1.67 bits per heavy atom. The van der Waals surface area contributed by atoms with Crippen LogP contribution >= 0.6 is 0 Å². The van der Waals surface area contributed by atoms with Crippen LogP contribution in [0.3, 0.4) is 0 Å². The molecule has 1 unspecified atom stereocenters. The lowest BCUT2D eigenvalue weighted by Crippen LogP contribution is -2.35. The van der Waals surface area contributed by atoms with Crippen LogP contribution in [0.5, 0.6) is 0 Å². The van der Waals surface area contributed by atoms with Crippen LogP contribution in [-0.2, 0) is 26.0 Å². The molecule has 36 heavy (non-hydrogen) atoms. The number of aryl methyl sites for hydroxylation is 3. The van der Waals surface area contributed by atoms with E-state index in [0.29, 0.717) is 18.8 Å². The summed E-state index contributed by atoms with van der Waals surface area (Å²) in [6.45, 7) is 4.71. The Morgan fingerprint density at radius 3 is 2.39 bits per heavy atom. The molecule has 5 rings (SSSR count). The van der Waals surface area contributed by atoms with Gasteiger partial charge in [-0.2, -0.15) is 0 Å².